The van der Waals surface area contributed by atoms with Crippen LogP contribution in [-0.2, 0) is 10.2 Å². The van der Waals surface area contributed by atoms with Crippen LogP contribution in [0.1, 0.15) is 60.6 Å². The van der Waals surface area contributed by atoms with Crippen LogP contribution in [-0.4, -0.2) is 57.2 Å². The first-order chi connectivity index (χ1) is 19.8. The molecule has 1 aliphatic heterocycles. The summed E-state index contributed by atoms with van der Waals surface area (Å²) in [6.45, 7) is -0.531. The van der Waals surface area contributed by atoms with Crippen LogP contribution in [0.25, 0.3) is 16.9 Å². The minimum atomic E-state index is -2.86. The lowest BCUT2D eigenvalue weighted by Gasteiger charge is -2.25. The van der Waals surface area contributed by atoms with Crippen LogP contribution >= 0.6 is 0 Å². The van der Waals surface area contributed by atoms with Gasteiger partial charge in [-0.2, -0.15) is 10.1 Å². The summed E-state index contributed by atoms with van der Waals surface area (Å²) >= 11 is 0. The number of methoxy groups -OCH3 is 2. The van der Waals surface area contributed by atoms with E-state index >= 15 is 0 Å². The number of imidazole rings is 1. The van der Waals surface area contributed by atoms with Crippen molar-refractivity contribution in [2.45, 2.75) is 55.3 Å². The van der Waals surface area contributed by atoms with Crippen molar-refractivity contribution in [2.24, 2.45) is 5.92 Å². The minimum Gasteiger partial charge on any atom is -0.480 e. The fourth-order valence-corrected chi connectivity index (χ4v) is 6.53. The third kappa shape index (κ3) is 3.74. The standard InChI is InChI=1S/C30H28F2N6O3/c1-40-26-21(14-34-28(35-26)41-2)23-13-20(25-33-9-10-38(25)36-23)19-12-18(19)16-3-6-22-24(11-16)37(27(39)29(22)7-8-29)15-30(31,32)17-4-5-17/h3,6,9-11,13-14,17-19H,4-5,7-8,12,15H2,1-2H3/t18-,19?/m1/s1. The van der Waals surface area contributed by atoms with Crippen molar-refractivity contribution in [3.05, 3.63) is 59.5 Å². The Morgan fingerprint density at radius 2 is 1.93 bits per heavy atom. The Morgan fingerprint density at radius 1 is 1.10 bits per heavy atom. The predicted octanol–water partition coefficient (Wildman–Crippen LogP) is 4.90. The molecule has 4 aromatic rings. The van der Waals surface area contributed by atoms with E-state index in [4.69, 9.17) is 14.6 Å². The van der Waals surface area contributed by atoms with E-state index in [1.807, 2.05) is 18.2 Å². The third-order valence-electron chi connectivity index (χ3n) is 9.17. The molecule has 0 N–H and O–H groups in total. The normalized spacial score (nSPS) is 22.3. The molecule has 210 valence electrons. The van der Waals surface area contributed by atoms with E-state index in [9.17, 15) is 13.6 Å². The fourth-order valence-electron chi connectivity index (χ4n) is 6.53. The van der Waals surface area contributed by atoms with Gasteiger partial charge in [0, 0.05) is 35.8 Å². The highest BCUT2D eigenvalue weighted by Gasteiger charge is 2.61. The van der Waals surface area contributed by atoms with E-state index in [2.05, 4.69) is 21.0 Å². The molecule has 41 heavy (non-hydrogen) atoms. The number of ether oxygens (including phenoxy) is 2. The number of hydrogen-bond donors (Lipinski definition) is 0. The summed E-state index contributed by atoms with van der Waals surface area (Å²) in [5, 5.41) is 4.72. The molecule has 4 aliphatic rings. The molecule has 0 saturated heterocycles. The molecule has 11 heteroatoms. The van der Waals surface area contributed by atoms with Crippen molar-refractivity contribution in [1.29, 1.82) is 0 Å². The second kappa shape index (κ2) is 8.43. The minimum absolute atomic E-state index is 0.151. The molecule has 2 atom stereocenters. The molecule has 8 rings (SSSR count). The monoisotopic (exact) mass is 558 g/mol. The lowest BCUT2D eigenvalue weighted by atomic mass is 9.95. The highest BCUT2D eigenvalue weighted by molar-refractivity contribution is 6.10. The van der Waals surface area contributed by atoms with Crippen molar-refractivity contribution in [1.82, 2.24) is 24.6 Å². The van der Waals surface area contributed by atoms with E-state index in [1.165, 1.54) is 19.1 Å². The van der Waals surface area contributed by atoms with Gasteiger partial charge < -0.3 is 14.4 Å². The van der Waals surface area contributed by atoms with Crippen molar-refractivity contribution in [3.63, 3.8) is 0 Å². The second-order valence-corrected chi connectivity index (χ2v) is 11.7. The van der Waals surface area contributed by atoms with Gasteiger partial charge in [-0.25, -0.2) is 23.3 Å². The van der Waals surface area contributed by atoms with Crippen molar-refractivity contribution in [2.75, 3.05) is 25.7 Å². The van der Waals surface area contributed by atoms with Crippen LogP contribution in [0.2, 0.25) is 0 Å². The Balaban J connectivity index is 1.14. The van der Waals surface area contributed by atoms with Gasteiger partial charge in [0.1, 0.15) is 0 Å². The molecular formula is C30H28F2N6O3. The highest BCUT2D eigenvalue weighted by atomic mass is 19.3. The molecule has 3 aromatic heterocycles. The van der Waals surface area contributed by atoms with Crippen molar-refractivity contribution in [3.8, 4) is 23.1 Å². The lowest BCUT2D eigenvalue weighted by molar-refractivity contribution is -0.121. The summed E-state index contributed by atoms with van der Waals surface area (Å²) in [6, 6.07) is 8.26. The van der Waals surface area contributed by atoms with Crippen molar-refractivity contribution >= 4 is 17.2 Å². The summed E-state index contributed by atoms with van der Waals surface area (Å²) in [4.78, 5) is 27.9. The Hall–Kier alpha value is -4.15. The molecule has 4 heterocycles. The quantitative estimate of drug-likeness (QED) is 0.304. The maximum absolute atomic E-state index is 14.9. The maximum atomic E-state index is 14.9. The highest BCUT2D eigenvalue weighted by Crippen LogP contribution is 2.61. The zero-order chi connectivity index (χ0) is 28.1. The number of benzene rings is 1. The Kier molecular flexibility index (Phi) is 5.07. The number of carbonyl (C=O) groups excluding carboxylic acids is 1. The maximum Gasteiger partial charge on any atom is 0.319 e. The first-order valence-corrected chi connectivity index (χ1v) is 14.0. The molecular weight excluding hydrogens is 530 g/mol. The number of amides is 1. The number of anilines is 1. The predicted molar refractivity (Wildman–Crippen MR) is 145 cm³/mol. The van der Waals surface area contributed by atoms with Gasteiger partial charge in [0.15, 0.2) is 5.65 Å². The summed E-state index contributed by atoms with van der Waals surface area (Å²) in [5.74, 6) is -2.97. The van der Waals surface area contributed by atoms with E-state index in [1.54, 1.807) is 23.1 Å². The van der Waals surface area contributed by atoms with Gasteiger partial charge in [-0.3, -0.25) is 4.79 Å². The van der Waals surface area contributed by atoms with Crippen LogP contribution in [0, 0.1) is 5.92 Å². The average Bonchev–Trinajstić information content (AvgIpc) is 3.87. The van der Waals surface area contributed by atoms with Gasteiger partial charge in [-0.05, 0) is 67.2 Å². The number of halogens is 2. The van der Waals surface area contributed by atoms with E-state index in [-0.39, 0.29) is 23.8 Å². The van der Waals surface area contributed by atoms with Crippen LogP contribution < -0.4 is 14.4 Å². The molecule has 3 saturated carbocycles. The number of nitrogens with zero attached hydrogens (tertiary/aromatic N) is 6. The number of aromatic nitrogens is 5. The molecule has 1 amide bonds. The first kappa shape index (κ1) is 24.6. The van der Waals surface area contributed by atoms with Gasteiger partial charge in [-0.1, -0.05) is 12.1 Å². The zero-order valence-electron chi connectivity index (χ0n) is 22.7. The van der Waals surface area contributed by atoms with Gasteiger partial charge in [-0.15, -0.1) is 0 Å². The molecule has 3 aliphatic carbocycles. The summed E-state index contributed by atoms with van der Waals surface area (Å²) < 4.78 is 42.2. The number of alkyl halides is 2. The smallest absolute Gasteiger partial charge is 0.319 e. The molecule has 1 aromatic carbocycles. The zero-order valence-corrected chi connectivity index (χ0v) is 22.7. The first-order valence-electron chi connectivity index (χ1n) is 14.0. The number of fused-ring (bicyclic) bond motifs is 3. The average molecular weight is 559 g/mol. The Morgan fingerprint density at radius 3 is 2.66 bits per heavy atom. The van der Waals surface area contributed by atoms with E-state index < -0.39 is 23.8 Å². The SMILES string of the molecule is COc1ncc(-c2cc(C3C[C@@H]3c3ccc4c(c3)N(CC(F)(F)C3CC3)C(=O)C43CC3)c3nccn3n2)c(OC)n1. The Labute approximate surface area is 234 Å². The third-order valence-corrected chi connectivity index (χ3v) is 9.17. The molecule has 0 bridgehead atoms. The summed E-state index contributed by atoms with van der Waals surface area (Å²) in [5.41, 5.74) is 5.06. The van der Waals surface area contributed by atoms with E-state index in [0.29, 0.717) is 35.7 Å². The van der Waals surface area contributed by atoms with Crippen LogP contribution in [0.3, 0.4) is 0 Å². The largest absolute Gasteiger partial charge is 0.480 e. The van der Waals surface area contributed by atoms with Gasteiger partial charge in [0.05, 0.1) is 37.4 Å². The molecule has 1 unspecified atom stereocenters. The Bertz CT molecular complexity index is 1730. The van der Waals surface area contributed by atoms with Gasteiger partial charge >= 0.3 is 6.01 Å². The number of carbonyl (C=O) groups is 1. The molecule has 3 fully saturated rings. The van der Waals surface area contributed by atoms with Crippen LogP contribution in [0.5, 0.6) is 11.9 Å². The summed E-state index contributed by atoms with van der Waals surface area (Å²) in [6.07, 6.45) is 8.52. The van der Waals surface area contributed by atoms with Gasteiger partial charge in [0.25, 0.3) is 5.92 Å². The van der Waals surface area contributed by atoms with E-state index in [0.717, 1.165) is 41.6 Å². The van der Waals surface area contributed by atoms with Crippen LogP contribution in [0.4, 0.5) is 14.5 Å². The van der Waals surface area contributed by atoms with Crippen molar-refractivity contribution < 1.29 is 23.0 Å². The fraction of sp³-hybridized carbons (Fsp3) is 0.433. The molecule has 9 nitrogen and oxygen atoms in total. The lowest BCUT2D eigenvalue weighted by Crippen LogP contribution is -2.42. The molecule has 0 radical (unpaired) electrons. The molecule has 1 spiro atoms. The number of rotatable bonds is 8. The topological polar surface area (TPSA) is 94.7 Å². The number of hydrogen-bond acceptors (Lipinski definition) is 7. The summed E-state index contributed by atoms with van der Waals surface area (Å²) in [7, 11) is 3.03. The van der Waals surface area contributed by atoms with Crippen LogP contribution in [0.15, 0.2) is 42.9 Å². The second-order valence-electron chi connectivity index (χ2n) is 11.7. The van der Waals surface area contributed by atoms with Gasteiger partial charge in [0.2, 0.25) is 11.8 Å².